The minimum atomic E-state index is -0.0545. The first kappa shape index (κ1) is 15.9. The molecule has 0 spiro atoms. The summed E-state index contributed by atoms with van der Waals surface area (Å²) in [5.74, 6) is -0.0545. The van der Waals surface area contributed by atoms with Gasteiger partial charge < -0.3 is 14.6 Å². The van der Waals surface area contributed by atoms with Crippen molar-refractivity contribution in [1.82, 2.24) is 14.3 Å². The third-order valence-electron chi connectivity index (χ3n) is 4.65. The van der Waals surface area contributed by atoms with Gasteiger partial charge in [-0.1, -0.05) is 18.2 Å². The molecule has 130 valence electrons. The minimum absolute atomic E-state index is 0.0545. The second-order valence-electron chi connectivity index (χ2n) is 6.56. The molecule has 1 aliphatic rings. The van der Waals surface area contributed by atoms with E-state index >= 15 is 0 Å². The van der Waals surface area contributed by atoms with E-state index in [1.165, 1.54) is 0 Å². The van der Waals surface area contributed by atoms with E-state index < -0.39 is 0 Å². The molecule has 6 heteroatoms. The lowest BCUT2D eigenvalue weighted by Gasteiger charge is -2.09. The fraction of sp³-hybridized carbons (Fsp3) is 0.368. The van der Waals surface area contributed by atoms with E-state index in [1.54, 1.807) is 6.20 Å². The zero-order valence-electron chi connectivity index (χ0n) is 14.3. The number of hydrogen-bond donors (Lipinski definition) is 1. The van der Waals surface area contributed by atoms with Gasteiger partial charge in [0.05, 0.1) is 24.5 Å². The van der Waals surface area contributed by atoms with Crippen molar-refractivity contribution < 1.29 is 9.53 Å². The molecule has 1 saturated heterocycles. The summed E-state index contributed by atoms with van der Waals surface area (Å²) in [5, 5.41) is 8.40. The average Bonchev–Trinajstić information content (AvgIpc) is 3.31. The molecule has 3 heterocycles. The highest BCUT2D eigenvalue weighted by Gasteiger charge is 2.17. The average molecular weight is 338 g/mol. The highest BCUT2D eigenvalue weighted by Crippen LogP contribution is 2.19. The molecule has 0 aliphatic carbocycles. The Balaban J connectivity index is 1.41. The summed E-state index contributed by atoms with van der Waals surface area (Å²) in [5.41, 5.74) is 2.87. The number of ether oxygens (including phenoxy) is 1. The quantitative estimate of drug-likeness (QED) is 0.778. The van der Waals surface area contributed by atoms with Crippen molar-refractivity contribution in [2.45, 2.75) is 39.0 Å². The zero-order chi connectivity index (χ0) is 17.2. The van der Waals surface area contributed by atoms with Crippen LogP contribution in [0, 0.1) is 6.92 Å². The van der Waals surface area contributed by atoms with Crippen LogP contribution in [0.3, 0.4) is 0 Å². The van der Waals surface area contributed by atoms with Crippen LogP contribution in [0.1, 0.15) is 18.5 Å². The van der Waals surface area contributed by atoms with Crippen molar-refractivity contribution in [1.29, 1.82) is 0 Å². The Morgan fingerprint density at radius 1 is 1.40 bits per heavy atom. The molecule has 4 rings (SSSR count). The third-order valence-corrected chi connectivity index (χ3v) is 4.65. The SMILES string of the molecule is Cc1cc2ccccc2n1CC(=O)Nc1cnn(C[C@H]2CCCO2)c1. The summed E-state index contributed by atoms with van der Waals surface area (Å²) in [6.07, 6.45) is 5.96. The largest absolute Gasteiger partial charge is 0.376 e. The van der Waals surface area contributed by atoms with Gasteiger partial charge >= 0.3 is 0 Å². The standard InChI is InChI=1S/C19H22N4O2/c1-14-9-15-5-2-3-7-18(15)23(14)13-19(24)21-16-10-20-22(11-16)12-17-6-4-8-25-17/h2-3,5,7,9-11,17H,4,6,8,12-13H2,1H3,(H,21,24)/t17-/m1/s1. The highest BCUT2D eigenvalue weighted by atomic mass is 16.5. The maximum atomic E-state index is 12.4. The number of fused-ring (bicyclic) bond motifs is 1. The van der Waals surface area contributed by atoms with Crippen molar-refractivity contribution >= 4 is 22.5 Å². The smallest absolute Gasteiger partial charge is 0.244 e. The van der Waals surface area contributed by atoms with Gasteiger partial charge in [-0.15, -0.1) is 0 Å². The van der Waals surface area contributed by atoms with E-state index in [-0.39, 0.29) is 18.6 Å². The number of amides is 1. The van der Waals surface area contributed by atoms with Gasteiger partial charge in [0.1, 0.15) is 6.54 Å². The molecule has 1 N–H and O–H groups in total. The highest BCUT2D eigenvalue weighted by molar-refractivity contribution is 5.92. The summed E-state index contributed by atoms with van der Waals surface area (Å²) in [6.45, 7) is 3.88. The fourth-order valence-corrected chi connectivity index (χ4v) is 3.43. The van der Waals surface area contributed by atoms with Gasteiger partial charge in [0, 0.05) is 24.0 Å². The number of benzene rings is 1. The lowest BCUT2D eigenvalue weighted by molar-refractivity contribution is -0.116. The number of anilines is 1. The van der Waals surface area contributed by atoms with E-state index in [4.69, 9.17) is 4.74 Å². The first-order chi connectivity index (χ1) is 12.2. The van der Waals surface area contributed by atoms with Crippen molar-refractivity contribution in [2.75, 3.05) is 11.9 Å². The summed E-state index contributed by atoms with van der Waals surface area (Å²) >= 11 is 0. The topological polar surface area (TPSA) is 61.1 Å². The van der Waals surface area contributed by atoms with Crippen molar-refractivity contribution in [3.63, 3.8) is 0 Å². The number of aromatic nitrogens is 3. The van der Waals surface area contributed by atoms with Crippen LogP contribution in [0.2, 0.25) is 0 Å². The van der Waals surface area contributed by atoms with Crippen LogP contribution in [0.4, 0.5) is 5.69 Å². The number of carbonyl (C=O) groups excluding carboxylic acids is 1. The molecule has 0 radical (unpaired) electrons. The second-order valence-corrected chi connectivity index (χ2v) is 6.56. The molecule has 1 fully saturated rings. The van der Waals surface area contributed by atoms with Gasteiger partial charge in [0.2, 0.25) is 5.91 Å². The molecule has 0 saturated carbocycles. The summed E-state index contributed by atoms with van der Waals surface area (Å²) in [7, 11) is 0. The molecule has 1 aromatic carbocycles. The van der Waals surface area contributed by atoms with E-state index in [9.17, 15) is 4.79 Å². The number of hydrogen-bond acceptors (Lipinski definition) is 3. The molecule has 3 aromatic rings. The molecule has 0 bridgehead atoms. The Kier molecular flexibility index (Phi) is 4.28. The molecule has 6 nitrogen and oxygen atoms in total. The monoisotopic (exact) mass is 338 g/mol. The molecular formula is C19H22N4O2. The fourth-order valence-electron chi connectivity index (χ4n) is 3.43. The Labute approximate surface area is 146 Å². The lowest BCUT2D eigenvalue weighted by atomic mass is 10.2. The van der Waals surface area contributed by atoms with Crippen LogP contribution in [0.25, 0.3) is 10.9 Å². The molecular weight excluding hydrogens is 316 g/mol. The number of aryl methyl sites for hydroxylation is 1. The summed E-state index contributed by atoms with van der Waals surface area (Å²) < 4.78 is 9.48. The van der Waals surface area contributed by atoms with E-state index in [1.807, 2.05) is 40.6 Å². The number of nitrogens with zero attached hydrogens (tertiary/aromatic N) is 3. The number of nitrogens with one attached hydrogen (secondary N) is 1. The van der Waals surface area contributed by atoms with Gasteiger partial charge in [0.25, 0.3) is 0 Å². The van der Waals surface area contributed by atoms with E-state index in [2.05, 4.69) is 22.5 Å². The maximum absolute atomic E-state index is 12.4. The zero-order valence-corrected chi connectivity index (χ0v) is 14.3. The van der Waals surface area contributed by atoms with Crippen LogP contribution in [-0.2, 0) is 22.6 Å². The molecule has 2 aromatic heterocycles. The first-order valence-corrected chi connectivity index (χ1v) is 8.68. The van der Waals surface area contributed by atoms with Gasteiger partial charge in [0.15, 0.2) is 0 Å². The second kappa shape index (κ2) is 6.72. The molecule has 1 aliphatic heterocycles. The van der Waals surface area contributed by atoms with Gasteiger partial charge in [-0.2, -0.15) is 5.10 Å². The summed E-state index contributed by atoms with van der Waals surface area (Å²) in [6, 6.07) is 10.2. The Morgan fingerprint density at radius 2 is 2.28 bits per heavy atom. The molecule has 0 unspecified atom stereocenters. The number of rotatable bonds is 5. The van der Waals surface area contributed by atoms with Crippen molar-refractivity contribution in [2.24, 2.45) is 0 Å². The van der Waals surface area contributed by atoms with Crippen molar-refractivity contribution in [3.05, 3.63) is 48.4 Å². The molecule has 25 heavy (non-hydrogen) atoms. The molecule has 1 atom stereocenters. The maximum Gasteiger partial charge on any atom is 0.244 e. The Bertz CT molecular complexity index is 890. The third kappa shape index (κ3) is 3.44. The van der Waals surface area contributed by atoms with Crippen molar-refractivity contribution in [3.8, 4) is 0 Å². The van der Waals surface area contributed by atoms with Crippen LogP contribution in [-0.4, -0.2) is 33.0 Å². The normalized spacial score (nSPS) is 17.2. The van der Waals surface area contributed by atoms with Crippen LogP contribution in [0.15, 0.2) is 42.7 Å². The Morgan fingerprint density at radius 3 is 3.12 bits per heavy atom. The number of carbonyl (C=O) groups is 1. The van der Waals surface area contributed by atoms with Gasteiger partial charge in [-0.3, -0.25) is 9.48 Å². The molecule has 1 amide bonds. The lowest BCUT2D eigenvalue weighted by Crippen LogP contribution is -2.19. The number of para-hydroxylation sites is 1. The van der Waals surface area contributed by atoms with E-state index in [0.29, 0.717) is 0 Å². The van der Waals surface area contributed by atoms with Crippen LogP contribution in [0.5, 0.6) is 0 Å². The first-order valence-electron chi connectivity index (χ1n) is 8.68. The van der Waals surface area contributed by atoms with Gasteiger partial charge in [-0.25, -0.2) is 0 Å². The van der Waals surface area contributed by atoms with Crippen LogP contribution >= 0.6 is 0 Å². The Hall–Kier alpha value is -2.60. The predicted molar refractivity (Wildman–Crippen MR) is 96.5 cm³/mol. The predicted octanol–water partition coefficient (Wildman–Crippen LogP) is 2.96. The van der Waals surface area contributed by atoms with E-state index in [0.717, 1.165) is 48.3 Å². The van der Waals surface area contributed by atoms with Gasteiger partial charge in [-0.05, 0) is 37.3 Å². The minimum Gasteiger partial charge on any atom is -0.376 e. The summed E-state index contributed by atoms with van der Waals surface area (Å²) in [4.78, 5) is 12.4. The van der Waals surface area contributed by atoms with Crippen LogP contribution < -0.4 is 5.32 Å².